The van der Waals surface area contributed by atoms with Gasteiger partial charge in [-0.15, -0.1) is 0 Å². The number of carbonyl (C=O) groups excluding carboxylic acids is 1. The average Bonchev–Trinajstić information content (AvgIpc) is 3.15. The third-order valence-corrected chi connectivity index (χ3v) is 4.60. The summed E-state index contributed by atoms with van der Waals surface area (Å²) >= 11 is 0. The Kier molecular flexibility index (Phi) is 5.88. The SMILES string of the molecule is COc1ccccc1CCNc1ccc(C(=O)NC2CCCC2)nc1. The number of rotatable bonds is 7. The Morgan fingerprint density at radius 3 is 2.72 bits per heavy atom. The summed E-state index contributed by atoms with van der Waals surface area (Å²) in [6.07, 6.45) is 7.13. The van der Waals surface area contributed by atoms with Gasteiger partial charge in [0.2, 0.25) is 0 Å². The van der Waals surface area contributed by atoms with Crippen LogP contribution >= 0.6 is 0 Å². The van der Waals surface area contributed by atoms with E-state index in [0.29, 0.717) is 11.7 Å². The Morgan fingerprint density at radius 2 is 2.00 bits per heavy atom. The fraction of sp³-hybridized carbons (Fsp3) is 0.400. The van der Waals surface area contributed by atoms with E-state index in [0.717, 1.165) is 42.8 Å². The molecule has 1 aromatic heterocycles. The van der Waals surface area contributed by atoms with Gasteiger partial charge in [-0.2, -0.15) is 0 Å². The minimum atomic E-state index is -0.0764. The van der Waals surface area contributed by atoms with E-state index in [1.54, 1.807) is 19.4 Å². The van der Waals surface area contributed by atoms with E-state index < -0.39 is 0 Å². The quantitative estimate of drug-likeness (QED) is 0.811. The van der Waals surface area contributed by atoms with Crippen LogP contribution in [0.3, 0.4) is 0 Å². The fourth-order valence-corrected chi connectivity index (χ4v) is 3.21. The van der Waals surface area contributed by atoms with Crippen molar-refractivity contribution in [2.45, 2.75) is 38.1 Å². The molecule has 5 nitrogen and oxygen atoms in total. The van der Waals surface area contributed by atoms with E-state index in [4.69, 9.17) is 4.74 Å². The molecule has 2 N–H and O–H groups in total. The number of amides is 1. The van der Waals surface area contributed by atoms with Crippen molar-refractivity contribution in [2.24, 2.45) is 0 Å². The summed E-state index contributed by atoms with van der Waals surface area (Å²) in [6.45, 7) is 0.773. The molecule has 1 saturated carbocycles. The lowest BCUT2D eigenvalue weighted by atomic mass is 10.1. The Bertz CT molecular complexity index is 694. The van der Waals surface area contributed by atoms with Crippen LogP contribution in [0, 0.1) is 0 Å². The monoisotopic (exact) mass is 339 g/mol. The zero-order chi connectivity index (χ0) is 17.5. The molecule has 5 heteroatoms. The van der Waals surface area contributed by atoms with Gasteiger partial charge < -0.3 is 15.4 Å². The number of hydrogen-bond donors (Lipinski definition) is 2. The Morgan fingerprint density at radius 1 is 1.20 bits per heavy atom. The predicted molar refractivity (Wildman–Crippen MR) is 99.1 cm³/mol. The minimum Gasteiger partial charge on any atom is -0.496 e. The van der Waals surface area contributed by atoms with Crippen LogP contribution in [0.1, 0.15) is 41.7 Å². The highest BCUT2D eigenvalue weighted by molar-refractivity contribution is 5.92. The first-order valence-electron chi connectivity index (χ1n) is 8.89. The van der Waals surface area contributed by atoms with E-state index in [-0.39, 0.29) is 5.91 Å². The molecule has 0 unspecified atom stereocenters. The summed E-state index contributed by atoms with van der Waals surface area (Å²) in [4.78, 5) is 16.5. The number of carbonyl (C=O) groups is 1. The first-order valence-corrected chi connectivity index (χ1v) is 8.89. The van der Waals surface area contributed by atoms with E-state index in [2.05, 4.69) is 21.7 Å². The van der Waals surface area contributed by atoms with Crippen molar-refractivity contribution in [2.75, 3.05) is 19.0 Å². The third kappa shape index (κ3) is 4.72. The summed E-state index contributed by atoms with van der Waals surface area (Å²) in [6, 6.07) is 12.0. The molecule has 0 radical (unpaired) electrons. The number of pyridine rings is 1. The highest BCUT2D eigenvalue weighted by Crippen LogP contribution is 2.19. The largest absolute Gasteiger partial charge is 0.496 e. The van der Waals surface area contributed by atoms with Crippen LogP contribution < -0.4 is 15.4 Å². The van der Waals surface area contributed by atoms with Gasteiger partial charge in [0, 0.05) is 12.6 Å². The third-order valence-electron chi connectivity index (χ3n) is 4.60. The van der Waals surface area contributed by atoms with Gasteiger partial charge in [0.1, 0.15) is 11.4 Å². The Labute approximate surface area is 148 Å². The Balaban J connectivity index is 1.49. The standard InChI is InChI=1S/C20H25N3O2/c1-25-19-9-5-2-6-15(19)12-13-21-17-10-11-18(22-14-17)20(24)23-16-7-3-4-8-16/h2,5-6,9-11,14,16,21H,3-4,7-8,12-13H2,1H3,(H,23,24). The van der Waals surface area contributed by atoms with Crippen molar-refractivity contribution >= 4 is 11.6 Å². The van der Waals surface area contributed by atoms with Gasteiger partial charge in [0.15, 0.2) is 0 Å². The van der Waals surface area contributed by atoms with Gasteiger partial charge in [-0.1, -0.05) is 31.0 Å². The second kappa shape index (κ2) is 8.51. The van der Waals surface area contributed by atoms with E-state index in [1.165, 1.54) is 12.8 Å². The van der Waals surface area contributed by atoms with Crippen molar-refractivity contribution in [3.8, 4) is 5.75 Å². The summed E-state index contributed by atoms with van der Waals surface area (Å²) in [7, 11) is 1.69. The highest BCUT2D eigenvalue weighted by Gasteiger charge is 2.18. The number of benzene rings is 1. The molecule has 0 bridgehead atoms. The van der Waals surface area contributed by atoms with E-state index in [1.807, 2.05) is 24.3 Å². The molecule has 1 aromatic carbocycles. The van der Waals surface area contributed by atoms with Crippen LogP contribution in [0.2, 0.25) is 0 Å². The number of anilines is 1. The second-order valence-corrected chi connectivity index (χ2v) is 6.38. The molecule has 0 spiro atoms. The lowest BCUT2D eigenvalue weighted by Gasteiger charge is -2.12. The molecule has 1 aliphatic rings. The summed E-state index contributed by atoms with van der Waals surface area (Å²) in [5.41, 5.74) is 2.55. The molecule has 0 atom stereocenters. The molecule has 1 amide bonds. The summed E-state index contributed by atoms with van der Waals surface area (Å²) in [5.74, 6) is 0.828. The maximum Gasteiger partial charge on any atom is 0.270 e. The minimum absolute atomic E-state index is 0.0764. The van der Waals surface area contributed by atoms with Gasteiger partial charge in [0.25, 0.3) is 5.91 Å². The van der Waals surface area contributed by atoms with Gasteiger partial charge in [-0.25, -0.2) is 4.98 Å². The molecule has 1 aliphatic carbocycles. The normalized spacial score (nSPS) is 14.3. The maximum absolute atomic E-state index is 12.2. The molecule has 3 rings (SSSR count). The molecule has 0 saturated heterocycles. The molecule has 1 fully saturated rings. The van der Waals surface area contributed by atoms with Crippen molar-refractivity contribution in [3.05, 3.63) is 53.9 Å². The van der Waals surface area contributed by atoms with Crippen LogP contribution in [0.4, 0.5) is 5.69 Å². The van der Waals surface area contributed by atoms with Crippen molar-refractivity contribution < 1.29 is 9.53 Å². The summed E-state index contributed by atoms with van der Waals surface area (Å²) in [5, 5.41) is 6.39. The molecule has 0 aliphatic heterocycles. The number of aromatic nitrogens is 1. The number of nitrogens with zero attached hydrogens (tertiary/aromatic N) is 1. The summed E-state index contributed by atoms with van der Waals surface area (Å²) < 4.78 is 5.36. The van der Waals surface area contributed by atoms with Crippen molar-refractivity contribution in [1.29, 1.82) is 0 Å². The second-order valence-electron chi connectivity index (χ2n) is 6.38. The van der Waals surface area contributed by atoms with Crippen molar-refractivity contribution in [3.63, 3.8) is 0 Å². The van der Waals surface area contributed by atoms with Gasteiger partial charge in [-0.3, -0.25) is 4.79 Å². The number of methoxy groups -OCH3 is 1. The number of hydrogen-bond acceptors (Lipinski definition) is 4. The number of ether oxygens (including phenoxy) is 1. The van der Waals surface area contributed by atoms with E-state index >= 15 is 0 Å². The molecule has 1 heterocycles. The van der Waals surface area contributed by atoms with Crippen LogP contribution in [0.5, 0.6) is 5.75 Å². The van der Waals surface area contributed by atoms with Gasteiger partial charge in [-0.05, 0) is 43.0 Å². The fourth-order valence-electron chi connectivity index (χ4n) is 3.21. The van der Waals surface area contributed by atoms with Crippen LogP contribution in [-0.4, -0.2) is 30.6 Å². The molecule has 25 heavy (non-hydrogen) atoms. The maximum atomic E-state index is 12.2. The van der Waals surface area contributed by atoms with Crippen LogP contribution in [0.15, 0.2) is 42.6 Å². The topological polar surface area (TPSA) is 63.2 Å². The van der Waals surface area contributed by atoms with Crippen LogP contribution in [-0.2, 0) is 6.42 Å². The van der Waals surface area contributed by atoms with Gasteiger partial charge in [0.05, 0.1) is 19.0 Å². The lowest BCUT2D eigenvalue weighted by molar-refractivity contribution is 0.0933. The smallest absolute Gasteiger partial charge is 0.270 e. The number of para-hydroxylation sites is 1. The first kappa shape index (κ1) is 17.3. The highest BCUT2D eigenvalue weighted by atomic mass is 16.5. The van der Waals surface area contributed by atoms with Gasteiger partial charge >= 0.3 is 0 Å². The number of nitrogens with one attached hydrogen (secondary N) is 2. The predicted octanol–water partition coefficient (Wildman–Crippen LogP) is 3.42. The Hall–Kier alpha value is -2.56. The molecular weight excluding hydrogens is 314 g/mol. The average molecular weight is 339 g/mol. The first-order chi connectivity index (χ1) is 12.3. The molecule has 2 aromatic rings. The zero-order valence-corrected chi connectivity index (χ0v) is 14.6. The van der Waals surface area contributed by atoms with Crippen LogP contribution in [0.25, 0.3) is 0 Å². The molecular formula is C20H25N3O2. The lowest BCUT2D eigenvalue weighted by Crippen LogP contribution is -2.33. The zero-order valence-electron chi connectivity index (χ0n) is 14.6. The van der Waals surface area contributed by atoms with E-state index in [9.17, 15) is 4.79 Å². The van der Waals surface area contributed by atoms with Crippen molar-refractivity contribution in [1.82, 2.24) is 10.3 Å². The molecule has 132 valence electrons.